The highest BCUT2D eigenvalue weighted by molar-refractivity contribution is 5.91. The minimum absolute atomic E-state index is 0.277. The fourth-order valence-electron chi connectivity index (χ4n) is 2.51. The molecule has 3 amide bonds. The Labute approximate surface area is 131 Å². The quantitative estimate of drug-likeness (QED) is 0.808. The fraction of sp³-hybridized carbons (Fsp3) is 0.800. The van der Waals surface area contributed by atoms with E-state index < -0.39 is 29.5 Å². The number of hydrogen-bond donors (Lipinski definition) is 2. The third-order valence-electron chi connectivity index (χ3n) is 3.58. The first-order valence-electron chi connectivity index (χ1n) is 7.61. The van der Waals surface area contributed by atoms with Gasteiger partial charge in [-0.1, -0.05) is 20.8 Å². The topological polar surface area (TPSA) is 102 Å². The highest BCUT2D eigenvalue weighted by atomic mass is 16.6. The predicted molar refractivity (Wildman–Crippen MR) is 81.9 cm³/mol. The van der Waals surface area contributed by atoms with Gasteiger partial charge in [-0.2, -0.15) is 0 Å². The molecule has 0 bridgehead atoms. The molecule has 7 nitrogen and oxygen atoms in total. The maximum absolute atomic E-state index is 12.8. The van der Waals surface area contributed by atoms with Crippen LogP contribution in [-0.4, -0.2) is 47.5 Å². The Morgan fingerprint density at radius 3 is 2.32 bits per heavy atom. The smallest absolute Gasteiger partial charge is 0.408 e. The molecule has 2 atom stereocenters. The molecule has 0 aromatic carbocycles. The summed E-state index contributed by atoms with van der Waals surface area (Å²) in [7, 11) is 0. The molecule has 0 spiro atoms. The molecular formula is C15H27N3O4. The molecular weight excluding hydrogens is 286 g/mol. The van der Waals surface area contributed by atoms with Gasteiger partial charge < -0.3 is 20.7 Å². The lowest BCUT2D eigenvalue weighted by atomic mass is 9.85. The fourth-order valence-corrected chi connectivity index (χ4v) is 2.51. The van der Waals surface area contributed by atoms with Crippen molar-refractivity contribution < 1.29 is 19.1 Å². The average molecular weight is 313 g/mol. The van der Waals surface area contributed by atoms with Gasteiger partial charge in [-0.15, -0.1) is 0 Å². The summed E-state index contributed by atoms with van der Waals surface area (Å²) >= 11 is 0. The zero-order chi connectivity index (χ0) is 17.1. The Bertz CT molecular complexity index is 443. The van der Waals surface area contributed by atoms with E-state index in [4.69, 9.17) is 10.5 Å². The minimum Gasteiger partial charge on any atom is -0.447 e. The van der Waals surface area contributed by atoms with E-state index in [1.807, 2.05) is 20.8 Å². The van der Waals surface area contributed by atoms with Crippen LogP contribution in [0.5, 0.6) is 0 Å². The van der Waals surface area contributed by atoms with Crippen LogP contribution in [-0.2, 0) is 14.3 Å². The van der Waals surface area contributed by atoms with Crippen molar-refractivity contribution in [2.75, 3.05) is 6.54 Å². The van der Waals surface area contributed by atoms with Crippen molar-refractivity contribution in [3.8, 4) is 0 Å². The first-order chi connectivity index (χ1) is 10.0. The first-order valence-corrected chi connectivity index (χ1v) is 7.61. The van der Waals surface area contributed by atoms with Crippen LogP contribution in [0.3, 0.4) is 0 Å². The van der Waals surface area contributed by atoms with Gasteiger partial charge in [-0.05, 0) is 32.1 Å². The van der Waals surface area contributed by atoms with Crippen LogP contribution in [0.4, 0.5) is 4.79 Å². The van der Waals surface area contributed by atoms with Crippen LogP contribution in [0.2, 0.25) is 0 Å². The number of nitrogens with two attached hydrogens (primary N) is 1. The summed E-state index contributed by atoms with van der Waals surface area (Å²) in [5.74, 6) is -0.808. The van der Waals surface area contributed by atoms with Crippen molar-refractivity contribution in [1.29, 1.82) is 0 Å². The lowest BCUT2D eigenvalue weighted by Gasteiger charge is -2.34. The van der Waals surface area contributed by atoms with Gasteiger partial charge in [0.05, 0.1) is 6.10 Å². The van der Waals surface area contributed by atoms with Crippen molar-refractivity contribution in [1.82, 2.24) is 10.2 Å². The number of rotatable bonds is 4. The van der Waals surface area contributed by atoms with Gasteiger partial charge in [0.15, 0.2) is 0 Å². The Balaban J connectivity index is 2.90. The number of primary amides is 1. The molecule has 1 aliphatic rings. The Kier molecular flexibility index (Phi) is 5.79. The van der Waals surface area contributed by atoms with Gasteiger partial charge in [0.1, 0.15) is 12.1 Å². The molecule has 0 radical (unpaired) electrons. The standard InChI is InChI=1S/C15H27N3O4/c1-9(2)22-14(21)17-11(15(3,4)5)13(20)18-8-6-7-10(18)12(16)19/h9-11H,6-8H2,1-5H3,(H2,16,19)(H,17,21)/t10-,11+/m0/s1. The second kappa shape index (κ2) is 6.98. The van der Waals surface area contributed by atoms with Gasteiger partial charge in [0.2, 0.25) is 11.8 Å². The molecule has 1 rings (SSSR count). The Morgan fingerprint density at radius 1 is 1.27 bits per heavy atom. The van der Waals surface area contributed by atoms with Crippen molar-refractivity contribution in [3.05, 3.63) is 0 Å². The average Bonchev–Trinajstić information content (AvgIpc) is 2.82. The number of nitrogens with one attached hydrogen (secondary N) is 1. The molecule has 1 saturated heterocycles. The monoisotopic (exact) mass is 313 g/mol. The molecule has 0 saturated carbocycles. The Morgan fingerprint density at radius 2 is 1.86 bits per heavy atom. The lowest BCUT2D eigenvalue weighted by molar-refractivity contribution is -0.141. The van der Waals surface area contributed by atoms with Crippen molar-refractivity contribution in [2.24, 2.45) is 11.1 Å². The van der Waals surface area contributed by atoms with E-state index >= 15 is 0 Å². The van der Waals surface area contributed by atoms with Crippen LogP contribution in [0.1, 0.15) is 47.5 Å². The maximum atomic E-state index is 12.8. The molecule has 1 fully saturated rings. The molecule has 0 aromatic rings. The largest absolute Gasteiger partial charge is 0.447 e. The molecule has 1 aliphatic heterocycles. The first kappa shape index (κ1) is 18.3. The number of carbonyl (C=O) groups excluding carboxylic acids is 3. The number of ether oxygens (including phenoxy) is 1. The number of alkyl carbamates (subject to hydrolysis) is 1. The molecule has 0 aromatic heterocycles. The minimum atomic E-state index is -0.779. The molecule has 22 heavy (non-hydrogen) atoms. The lowest BCUT2D eigenvalue weighted by Crippen LogP contribution is -2.57. The molecule has 3 N–H and O–H groups in total. The SMILES string of the molecule is CC(C)OC(=O)N[C@H](C(=O)N1CCC[C@H]1C(N)=O)C(C)(C)C. The summed E-state index contributed by atoms with van der Waals surface area (Å²) in [6.45, 7) is 9.48. The second-order valence-electron chi connectivity index (χ2n) is 6.99. The van der Waals surface area contributed by atoms with Gasteiger partial charge in [-0.25, -0.2) is 4.79 Å². The molecule has 0 aliphatic carbocycles. The molecule has 126 valence electrons. The van der Waals surface area contributed by atoms with Crippen molar-refractivity contribution in [3.63, 3.8) is 0 Å². The molecule has 1 heterocycles. The predicted octanol–water partition coefficient (Wildman–Crippen LogP) is 1.01. The van der Waals surface area contributed by atoms with Gasteiger partial charge >= 0.3 is 6.09 Å². The van der Waals surface area contributed by atoms with Crippen molar-refractivity contribution >= 4 is 17.9 Å². The van der Waals surface area contributed by atoms with Crippen LogP contribution in [0.25, 0.3) is 0 Å². The molecule has 7 heteroatoms. The van der Waals surface area contributed by atoms with Gasteiger partial charge in [0.25, 0.3) is 0 Å². The summed E-state index contributed by atoms with van der Waals surface area (Å²) in [5.41, 5.74) is 4.84. The van der Waals surface area contributed by atoms with Crippen LogP contribution in [0, 0.1) is 5.41 Å². The van der Waals surface area contributed by atoms with Gasteiger partial charge in [-0.3, -0.25) is 9.59 Å². The summed E-state index contributed by atoms with van der Waals surface area (Å²) < 4.78 is 5.05. The highest BCUT2D eigenvalue weighted by Crippen LogP contribution is 2.25. The highest BCUT2D eigenvalue weighted by Gasteiger charge is 2.41. The molecule has 0 unspecified atom stereocenters. The second-order valence-corrected chi connectivity index (χ2v) is 6.99. The third-order valence-corrected chi connectivity index (χ3v) is 3.58. The van der Waals surface area contributed by atoms with Crippen molar-refractivity contribution in [2.45, 2.75) is 65.6 Å². The van der Waals surface area contributed by atoms with E-state index in [0.717, 1.165) is 6.42 Å². The van der Waals surface area contributed by atoms with Gasteiger partial charge in [0, 0.05) is 6.54 Å². The van der Waals surface area contributed by atoms with E-state index in [2.05, 4.69) is 5.32 Å². The number of hydrogen-bond acceptors (Lipinski definition) is 4. The number of likely N-dealkylation sites (tertiary alicyclic amines) is 1. The van der Waals surface area contributed by atoms with E-state index in [9.17, 15) is 14.4 Å². The zero-order valence-corrected chi connectivity index (χ0v) is 14.0. The van der Waals surface area contributed by atoms with E-state index in [0.29, 0.717) is 13.0 Å². The Hall–Kier alpha value is -1.79. The third kappa shape index (κ3) is 4.61. The van der Waals surface area contributed by atoms with Crippen LogP contribution < -0.4 is 11.1 Å². The number of amides is 3. The summed E-state index contributed by atoms with van der Waals surface area (Å²) in [6.07, 6.45) is 0.375. The zero-order valence-electron chi connectivity index (χ0n) is 14.0. The van der Waals surface area contributed by atoms with E-state index in [1.165, 1.54) is 4.90 Å². The van der Waals surface area contributed by atoms with E-state index in [-0.39, 0.29) is 12.0 Å². The summed E-state index contributed by atoms with van der Waals surface area (Å²) in [4.78, 5) is 37.6. The summed E-state index contributed by atoms with van der Waals surface area (Å²) in [6, 6.07) is -1.38. The van der Waals surface area contributed by atoms with Crippen LogP contribution in [0.15, 0.2) is 0 Å². The van der Waals surface area contributed by atoms with Crippen LogP contribution >= 0.6 is 0 Å². The summed E-state index contributed by atoms with van der Waals surface area (Å²) in [5, 5.41) is 2.62. The normalized spacial score (nSPS) is 19.9. The van der Waals surface area contributed by atoms with E-state index in [1.54, 1.807) is 13.8 Å². The maximum Gasteiger partial charge on any atom is 0.408 e. The number of carbonyl (C=O) groups is 3. The number of nitrogens with zero attached hydrogens (tertiary/aromatic N) is 1.